The predicted molar refractivity (Wildman–Crippen MR) is 94.8 cm³/mol. The van der Waals surface area contributed by atoms with Crippen LogP contribution in [0.2, 0.25) is 0 Å². The summed E-state index contributed by atoms with van der Waals surface area (Å²) in [5, 5.41) is 3.13. The van der Waals surface area contributed by atoms with Gasteiger partial charge in [0.15, 0.2) is 0 Å². The van der Waals surface area contributed by atoms with Gasteiger partial charge >= 0.3 is 0 Å². The van der Waals surface area contributed by atoms with Gasteiger partial charge in [-0.3, -0.25) is 4.79 Å². The van der Waals surface area contributed by atoms with Gasteiger partial charge in [-0.25, -0.2) is 0 Å². The molecule has 3 nitrogen and oxygen atoms in total. The maximum Gasteiger partial charge on any atom is 0.230 e. The fourth-order valence-electron chi connectivity index (χ4n) is 2.79. The number of fused-ring (bicyclic) bond motifs is 1. The zero-order valence-electron chi connectivity index (χ0n) is 13.2. The Morgan fingerprint density at radius 1 is 1.26 bits per heavy atom. The minimum Gasteiger partial charge on any atom is -0.493 e. The van der Waals surface area contributed by atoms with Crippen LogP contribution >= 0.6 is 11.8 Å². The summed E-state index contributed by atoms with van der Waals surface area (Å²) in [4.78, 5) is 12.2. The number of nitrogens with one attached hydrogen (secondary N) is 1. The van der Waals surface area contributed by atoms with E-state index in [0.29, 0.717) is 12.4 Å². The number of para-hydroxylation sites is 1. The minimum absolute atomic E-state index is 0.0621. The molecule has 0 fully saturated rings. The van der Waals surface area contributed by atoms with Gasteiger partial charge in [0.25, 0.3) is 0 Å². The van der Waals surface area contributed by atoms with E-state index in [-0.39, 0.29) is 11.9 Å². The third kappa shape index (κ3) is 4.29. The number of aryl methyl sites for hydroxylation is 1. The van der Waals surface area contributed by atoms with Crippen LogP contribution in [0, 0.1) is 6.92 Å². The van der Waals surface area contributed by atoms with Crippen LogP contribution in [-0.2, 0) is 10.5 Å². The Morgan fingerprint density at radius 3 is 3.00 bits per heavy atom. The standard InChI is InChI=1S/C19H21NO2S/c1-14-5-4-6-15(11-14)12-23-13-19(21)20-17-9-10-22-18-8-3-2-7-16(17)18/h2-8,11,17H,9-10,12-13H2,1H3,(H,20,21). The number of carbonyl (C=O) groups is 1. The summed E-state index contributed by atoms with van der Waals surface area (Å²) in [7, 11) is 0. The molecule has 0 saturated carbocycles. The Balaban J connectivity index is 1.50. The lowest BCUT2D eigenvalue weighted by Gasteiger charge is -2.26. The molecule has 3 rings (SSSR count). The zero-order valence-corrected chi connectivity index (χ0v) is 14.1. The normalized spacial score (nSPS) is 16.3. The van der Waals surface area contributed by atoms with Crippen molar-refractivity contribution in [2.45, 2.75) is 25.1 Å². The molecule has 120 valence electrons. The molecule has 1 N–H and O–H groups in total. The molecule has 0 spiro atoms. The molecule has 4 heteroatoms. The van der Waals surface area contributed by atoms with Gasteiger partial charge in [0, 0.05) is 17.7 Å². The van der Waals surface area contributed by atoms with E-state index in [1.807, 2.05) is 24.3 Å². The molecule has 2 aromatic rings. The highest BCUT2D eigenvalue weighted by Gasteiger charge is 2.22. The first-order chi connectivity index (χ1) is 11.2. The maximum absolute atomic E-state index is 12.2. The predicted octanol–water partition coefficient (Wildman–Crippen LogP) is 3.87. The topological polar surface area (TPSA) is 38.3 Å². The van der Waals surface area contributed by atoms with Crippen molar-refractivity contribution in [3.63, 3.8) is 0 Å². The smallest absolute Gasteiger partial charge is 0.230 e. The van der Waals surface area contributed by atoms with Crippen LogP contribution in [0.3, 0.4) is 0 Å². The third-order valence-corrected chi connectivity index (χ3v) is 4.88. The SMILES string of the molecule is Cc1cccc(CSCC(=O)NC2CCOc3ccccc32)c1. The van der Waals surface area contributed by atoms with Crippen molar-refractivity contribution in [3.05, 3.63) is 65.2 Å². The molecule has 0 saturated heterocycles. The number of rotatable bonds is 5. The summed E-state index contributed by atoms with van der Waals surface area (Å²) in [6, 6.07) is 16.4. The van der Waals surface area contributed by atoms with Crippen LogP contribution < -0.4 is 10.1 Å². The number of benzene rings is 2. The Morgan fingerprint density at radius 2 is 2.13 bits per heavy atom. The second-order valence-electron chi connectivity index (χ2n) is 5.78. The monoisotopic (exact) mass is 327 g/mol. The summed E-state index contributed by atoms with van der Waals surface area (Å²) in [6.45, 7) is 2.74. The molecular weight excluding hydrogens is 306 g/mol. The third-order valence-electron chi connectivity index (χ3n) is 3.88. The Kier molecular flexibility index (Phi) is 5.23. The van der Waals surface area contributed by atoms with E-state index >= 15 is 0 Å². The van der Waals surface area contributed by atoms with Crippen molar-refractivity contribution in [1.29, 1.82) is 0 Å². The van der Waals surface area contributed by atoms with Gasteiger partial charge in [0.2, 0.25) is 5.91 Å². The molecule has 0 aromatic heterocycles. The first-order valence-corrected chi connectivity index (χ1v) is 9.02. The first kappa shape index (κ1) is 15.9. The van der Waals surface area contributed by atoms with Crippen molar-refractivity contribution in [3.8, 4) is 5.75 Å². The summed E-state index contributed by atoms with van der Waals surface area (Å²) in [5.41, 5.74) is 3.60. The summed E-state index contributed by atoms with van der Waals surface area (Å²) in [6.07, 6.45) is 0.825. The van der Waals surface area contributed by atoms with Crippen LogP contribution in [-0.4, -0.2) is 18.3 Å². The fourth-order valence-corrected chi connectivity index (χ4v) is 3.58. The number of hydrogen-bond donors (Lipinski definition) is 1. The van der Waals surface area contributed by atoms with E-state index in [0.717, 1.165) is 23.5 Å². The molecule has 0 bridgehead atoms. The zero-order chi connectivity index (χ0) is 16.1. The number of carbonyl (C=O) groups excluding carboxylic acids is 1. The largest absolute Gasteiger partial charge is 0.493 e. The van der Waals surface area contributed by atoms with Gasteiger partial charge in [-0.1, -0.05) is 48.0 Å². The molecule has 2 aromatic carbocycles. The summed E-state index contributed by atoms with van der Waals surface area (Å²) in [5.74, 6) is 2.31. The lowest BCUT2D eigenvalue weighted by atomic mass is 10.0. The molecule has 1 aliphatic heterocycles. The highest BCUT2D eigenvalue weighted by atomic mass is 32.2. The van der Waals surface area contributed by atoms with Crippen LogP contribution in [0.25, 0.3) is 0 Å². The Labute approximate surface area is 141 Å². The average molecular weight is 327 g/mol. The van der Waals surface area contributed by atoms with Crippen LogP contribution in [0.15, 0.2) is 48.5 Å². The van der Waals surface area contributed by atoms with Gasteiger partial charge in [0.1, 0.15) is 5.75 Å². The molecule has 1 unspecified atom stereocenters. The fraction of sp³-hybridized carbons (Fsp3) is 0.316. The van der Waals surface area contributed by atoms with Crippen molar-refractivity contribution in [2.75, 3.05) is 12.4 Å². The van der Waals surface area contributed by atoms with Crippen molar-refractivity contribution >= 4 is 17.7 Å². The minimum atomic E-state index is 0.0621. The second kappa shape index (κ2) is 7.55. The molecule has 0 aliphatic carbocycles. The molecule has 23 heavy (non-hydrogen) atoms. The number of hydrogen-bond acceptors (Lipinski definition) is 3. The molecule has 0 radical (unpaired) electrons. The highest BCUT2D eigenvalue weighted by molar-refractivity contribution is 7.99. The van der Waals surface area contributed by atoms with Crippen LogP contribution in [0.4, 0.5) is 0 Å². The summed E-state index contributed by atoms with van der Waals surface area (Å²) < 4.78 is 5.63. The maximum atomic E-state index is 12.2. The van der Waals surface area contributed by atoms with E-state index in [1.54, 1.807) is 11.8 Å². The van der Waals surface area contributed by atoms with Gasteiger partial charge in [-0.2, -0.15) is 0 Å². The van der Waals surface area contributed by atoms with E-state index in [4.69, 9.17) is 4.74 Å². The van der Waals surface area contributed by atoms with E-state index in [1.165, 1.54) is 11.1 Å². The van der Waals surface area contributed by atoms with E-state index < -0.39 is 0 Å². The average Bonchev–Trinajstić information content (AvgIpc) is 2.55. The quantitative estimate of drug-likeness (QED) is 0.906. The first-order valence-electron chi connectivity index (χ1n) is 7.87. The van der Waals surface area contributed by atoms with Crippen LogP contribution in [0.1, 0.15) is 29.2 Å². The van der Waals surface area contributed by atoms with Gasteiger partial charge < -0.3 is 10.1 Å². The van der Waals surface area contributed by atoms with Gasteiger partial charge in [-0.15, -0.1) is 11.8 Å². The molecular formula is C19H21NO2S. The summed E-state index contributed by atoms with van der Waals surface area (Å²) >= 11 is 1.65. The lowest BCUT2D eigenvalue weighted by Crippen LogP contribution is -2.33. The van der Waals surface area contributed by atoms with E-state index in [9.17, 15) is 4.79 Å². The molecule has 1 heterocycles. The molecule has 1 atom stereocenters. The van der Waals surface area contributed by atoms with Crippen molar-refractivity contribution in [1.82, 2.24) is 5.32 Å². The second-order valence-corrected chi connectivity index (χ2v) is 6.76. The number of thioether (sulfide) groups is 1. The van der Waals surface area contributed by atoms with Crippen LogP contribution in [0.5, 0.6) is 5.75 Å². The highest BCUT2D eigenvalue weighted by Crippen LogP contribution is 2.31. The number of ether oxygens (including phenoxy) is 1. The van der Waals surface area contributed by atoms with Crippen molar-refractivity contribution in [2.24, 2.45) is 0 Å². The van der Waals surface area contributed by atoms with E-state index in [2.05, 4.69) is 36.5 Å². The van der Waals surface area contributed by atoms with Gasteiger partial charge in [-0.05, 0) is 18.6 Å². The Hall–Kier alpha value is -1.94. The molecule has 1 amide bonds. The van der Waals surface area contributed by atoms with Crippen molar-refractivity contribution < 1.29 is 9.53 Å². The Bertz CT molecular complexity index is 687. The number of amides is 1. The molecule has 1 aliphatic rings. The van der Waals surface area contributed by atoms with Gasteiger partial charge in [0.05, 0.1) is 18.4 Å². The lowest BCUT2D eigenvalue weighted by molar-refractivity contribution is -0.119.